The minimum absolute atomic E-state index is 0. The Labute approximate surface area is 121 Å². The fourth-order valence-electron chi connectivity index (χ4n) is 0.445. The minimum Gasteiger partial charge on any atom is -0.795 e. The molecule has 0 saturated heterocycles. The molecule has 12 heteroatoms. The van der Waals surface area contributed by atoms with Crippen molar-refractivity contribution in [2.45, 2.75) is 17.3 Å². The van der Waals surface area contributed by atoms with Crippen LogP contribution in [0.1, 0.15) is 0 Å². The van der Waals surface area contributed by atoms with E-state index in [0.29, 0.717) is 0 Å². The number of rotatable bonds is 2. The van der Waals surface area contributed by atoms with Crippen LogP contribution in [0.25, 0.3) is 0 Å². The van der Waals surface area contributed by atoms with Gasteiger partial charge in [0.25, 0.3) is 0 Å². The van der Waals surface area contributed by atoms with E-state index in [0.717, 1.165) is 0 Å². The van der Waals surface area contributed by atoms with Gasteiger partial charge in [-0.1, -0.05) is 0 Å². The summed E-state index contributed by atoms with van der Waals surface area (Å²) in [5.74, 6) is 0. The molecule has 0 amide bonds. The van der Waals surface area contributed by atoms with Gasteiger partial charge in [0, 0.05) is 0 Å². The van der Waals surface area contributed by atoms with Crippen molar-refractivity contribution >= 4 is 10.2 Å². The van der Waals surface area contributed by atoms with E-state index >= 15 is 0 Å². The molecule has 0 aromatic rings. The maximum absolute atomic E-state index is 12.2. The SMILES string of the molecule is O=S(=O)(F)C(F)(C([O-])(F)F)C(F)(F)F.[K+]. The van der Waals surface area contributed by atoms with Gasteiger partial charge in [-0.15, -0.1) is 3.89 Å². The van der Waals surface area contributed by atoms with Gasteiger partial charge in [0.15, 0.2) is 0 Å². The van der Waals surface area contributed by atoms with E-state index in [1.165, 1.54) is 0 Å². The Hall–Kier alpha value is 1.06. The van der Waals surface area contributed by atoms with Gasteiger partial charge in [0.2, 0.25) is 6.11 Å². The first-order valence-electron chi connectivity index (χ1n) is 2.53. The van der Waals surface area contributed by atoms with Crippen LogP contribution < -0.4 is 56.5 Å². The molecule has 0 bridgehead atoms. The molecule has 0 aliphatic heterocycles. The normalized spacial score (nSPS) is 17.9. The van der Waals surface area contributed by atoms with E-state index in [1.54, 1.807) is 0 Å². The predicted molar refractivity (Wildman–Crippen MR) is 24.9 cm³/mol. The Morgan fingerprint density at radius 1 is 0.933 bits per heavy atom. The third kappa shape index (κ3) is 3.26. The largest absolute Gasteiger partial charge is 1.00 e. The van der Waals surface area contributed by atoms with Gasteiger partial charge in [0.05, 0.1) is 0 Å². The van der Waals surface area contributed by atoms with Gasteiger partial charge in [-0.3, -0.25) is 0 Å². The summed E-state index contributed by atoms with van der Waals surface area (Å²) in [6.45, 7) is 0. The van der Waals surface area contributed by atoms with E-state index in [1.807, 2.05) is 0 Å². The zero-order valence-corrected chi connectivity index (χ0v) is 10.7. The van der Waals surface area contributed by atoms with Crippen LogP contribution in [0.4, 0.5) is 30.2 Å². The van der Waals surface area contributed by atoms with Gasteiger partial charge in [0.1, 0.15) is 0 Å². The minimum atomic E-state index is -7.43. The van der Waals surface area contributed by atoms with Crippen LogP contribution >= 0.6 is 0 Å². The van der Waals surface area contributed by atoms with E-state index < -0.39 is 27.5 Å². The van der Waals surface area contributed by atoms with Crippen LogP contribution in [-0.2, 0) is 10.2 Å². The van der Waals surface area contributed by atoms with Crippen LogP contribution in [0.15, 0.2) is 0 Å². The molecule has 0 rings (SSSR count). The maximum atomic E-state index is 12.2. The van der Waals surface area contributed by atoms with Crippen LogP contribution in [0, 0.1) is 0 Å². The molecular weight excluding hydrogens is 288 g/mol. The predicted octanol–water partition coefficient (Wildman–Crippen LogP) is -2.53. The first kappa shape index (κ1) is 18.4. The molecule has 15 heavy (non-hydrogen) atoms. The van der Waals surface area contributed by atoms with Crippen molar-refractivity contribution in [1.82, 2.24) is 0 Å². The van der Waals surface area contributed by atoms with Crippen LogP contribution in [0.3, 0.4) is 0 Å². The number of alkyl halides is 6. The molecule has 1 atom stereocenters. The van der Waals surface area contributed by atoms with Crippen molar-refractivity contribution in [3.8, 4) is 0 Å². The van der Waals surface area contributed by atoms with E-state index in [2.05, 4.69) is 0 Å². The van der Waals surface area contributed by atoms with Crippen molar-refractivity contribution in [2.75, 3.05) is 0 Å². The quantitative estimate of drug-likeness (QED) is 0.320. The van der Waals surface area contributed by atoms with Crippen molar-refractivity contribution < 1.29 is 95.1 Å². The summed E-state index contributed by atoms with van der Waals surface area (Å²) in [5.41, 5.74) is 0. The summed E-state index contributed by atoms with van der Waals surface area (Å²) in [5, 5.41) is 2.60. The second-order valence-electron chi connectivity index (χ2n) is 2.05. The molecule has 0 fully saturated rings. The standard InChI is InChI=1S/C3F7O3S.K/c4-1(2(5,6)7,3(8,9)11)14(10,12)13;/q-1;+1. The molecule has 3 nitrogen and oxygen atoms in total. The fraction of sp³-hybridized carbons (Fsp3) is 1.00. The maximum Gasteiger partial charge on any atom is 1.00 e. The Bertz CT molecular complexity index is 301. The molecule has 0 N–H and O–H groups in total. The average molecular weight is 288 g/mol. The molecule has 0 aromatic heterocycles. The zero-order chi connectivity index (χ0) is 12.0. The molecule has 86 valence electrons. The van der Waals surface area contributed by atoms with E-state index in [4.69, 9.17) is 0 Å². The second-order valence-corrected chi connectivity index (χ2v) is 3.49. The first-order chi connectivity index (χ1) is 5.75. The third-order valence-electron chi connectivity index (χ3n) is 1.07. The van der Waals surface area contributed by atoms with Crippen LogP contribution in [0.5, 0.6) is 0 Å². The van der Waals surface area contributed by atoms with Gasteiger partial charge >= 0.3 is 72.8 Å². The fourth-order valence-corrected chi connectivity index (χ4v) is 1.01. The van der Waals surface area contributed by atoms with Gasteiger partial charge < -0.3 is 5.11 Å². The molecule has 1 unspecified atom stereocenters. The molecule has 0 heterocycles. The summed E-state index contributed by atoms with van der Waals surface area (Å²) in [4.78, 5) is 0. The molecular formula is C3F7KO3S. The summed E-state index contributed by atoms with van der Waals surface area (Å²) >= 11 is 0. The van der Waals surface area contributed by atoms with Crippen LogP contribution in [-0.4, -0.2) is 25.7 Å². The van der Waals surface area contributed by atoms with Gasteiger partial charge in [-0.2, -0.15) is 21.6 Å². The molecule has 0 aliphatic rings. The van der Waals surface area contributed by atoms with Crippen molar-refractivity contribution in [1.29, 1.82) is 0 Å². The molecule has 0 saturated carbocycles. The Kier molecular flexibility index (Phi) is 5.82. The Balaban J connectivity index is 0. The van der Waals surface area contributed by atoms with Crippen molar-refractivity contribution in [2.24, 2.45) is 0 Å². The van der Waals surface area contributed by atoms with Crippen molar-refractivity contribution in [3.63, 3.8) is 0 Å². The number of halogens is 7. The number of hydrogen-bond donors (Lipinski definition) is 0. The smallest absolute Gasteiger partial charge is 0.795 e. The summed E-state index contributed by atoms with van der Waals surface area (Å²) in [7, 11) is -7.43. The van der Waals surface area contributed by atoms with Crippen molar-refractivity contribution in [3.05, 3.63) is 0 Å². The summed E-state index contributed by atoms with van der Waals surface area (Å²) < 4.78 is 100. The second kappa shape index (κ2) is 4.74. The Morgan fingerprint density at radius 2 is 1.20 bits per heavy atom. The molecule has 0 aromatic carbocycles. The van der Waals surface area contributed by atoms with Crippen LogP contribution in [0.2, 0.25) is 0 Å². The first-order valence-corrected chi connectivity index (χ1v) is 3.91. The Morgan fingerprint density at radius 3 is 1.20 bits per heavy atom. The van der Waals surface area contributed by atoms with Gasteiger partial charge in [-0.25, -0.2) is 13.2 Å². The third-order valence-corrected chi connectivity index (χ3v) is 2.22. The average Bonchev–Trinajstić information content (AvgIpc) is 1.77. The van der Waals surface area contributed by atoms with E-state index in [9.17, 15) is 43.8 Å². The monoisotopic (exact) mass is 288 g/mol. The molecule has 0 spiro atoms. The van der Waals surface area contributed by atoms with Gasteiger partial charge in [-0.05, 0) is 0 Å². The molecule has 0 aliphatic carbocycles. The summed E-state index contributed by atoms with van der Waals surface area (Å²) in [6, 6.07) is 0. The zero-order valence-electron chi connectivity index (χ0n) is 6.78. The number of hydrogen-bond acceptors (Lipinski definition) is 3. The van der Waals surface area contributed by atoms with E-state index in [-0.39, 0.29) is 51.4 Å². The summed E-state index contributed by atoms with van der Waals surface area (Å²) in [6.07, 6.45) is -13.6. The topological polar surface area (TPSA) is 57.2 Å². The molecule has 0 radical (unpaired) electrons.